The number of carboxylic acid groups (broad SMARTS) is 1. The Hall–Kier alpha value is -2.57. The highest BCUT2D eigenvalue weighted by Crippen LogP contribution is 2.42. The molecule has 26 heavy (non-hydrogen) atoms. The molecule has 7 heteroatoms. The van der Waals surface area contributed by atoms with Crippen LogP contribution in [0.5, 0.6) is 0 Å². The van der Waals surface area contributed by atoms with Crippen molar-refractivity contribution in [2.75, 3.05) is 11.9 Å². The average Bonchev–Trinajstić information content (AvgIpc) is 3.16. The Morgan fingerprint density at radius 3 is 2.65 bits per heavy atom. The number of hydrogen-bond donors (Lipinski definition) is 3. The lowest BCUT2D eigenvalue weighted by Crippen LogP contribution is -2.43. The van der Waals surface area contributed by atoms with Gasteiger partial charge in [-0.15, -0.1) is 0 Å². The van der Waals surface area contributed by atoms with Crippen molar-refractivity contribution in [3.8, 4) is 0 Å². The summed E-state index contributed by atoms with van der Waals surface area (Å²) in [4.78, 5) is 38.1. The molecule has 2 saturated carbocycles. The number of hydrogen-bond acceptors (Lipinski definition) is 3. The number of carboxylic acids is 1. The summed E-state index contributed by atoms with van der Waals surface area (Å²) in [6.45, 7) is 0.500. The summed E-state index contributed by atoms with van der Waals surface area (Å²) in [7, 11) is 0. The maximum atomic E-state index is 13.0. The second-order valence-corrected chi connectivity index (χ2v) is 7.55. The molecule has 3 atom stereocenters. The van der Waals surface area contributed by atoms with E-state index < -0.39 is 12.0 Å². The molecule has 1 aliphatic heterocycles. The van der Waals surface area contributed by atoms with Crippen LogP contribution in [0.25, 0.3) is 0 Å². The molecule has 0 aromatic heterocycles. The van der Waals surface area contributed by atoms with Crippen molar-refractivity contribution in [1.82, 2.24) is 10.2 Å². The lowest BCUT2D eigenvalue weighted by Gasteiger charge is -2.24. The van der Waals surface area contributed by atoms with Gasteiger partial charge in [-0.2, -0.15) is 0 Å². The Bertz CT molecular complexity index is 746. The van der Waals surface area contributed by atoms with E-state index in [0.717, 1.165) is 32.1 Å². The number of rotatable bonds is 4. The van der Waals surface area contributed by atoms with Crippen LogP contribution in [0.15, 0.2) is 24.3 Å². The van der Waals surface area contributed by atoms with Crippen molar-refractivity contribution in [2.45, 2.75) is 44.2 Å². The second kappa shape index (κ2) is 6.63. The van der Waals surface area contributed by atoms with Gasteiger partial charge in [0, 0.05) is 23.8 Å². The zero-order valence-electron chi connectivity index (χ0n) is 14.5. The first-order valence-electron chi connectivity index (χ1n) is 9.24. The van der Waals surface area contributed by atoms with E-state index in [2.05, 4.69) is 10.6 Å². The summed E-state index contributed by atoms with van der Waals surface area (Å²) >= 11 is 0. The summed E-state index contributed by atoms with van der Waals surface area (Å²) in [6, 6.07) is 5.92. The first-order chi connectivity index (χ1) is 12.5. The third kappa shape index (κ3) is 3.25. The van der Waals surface area contributed by atoms with E-state index in [-0.39, 0.29) is 29.8 Å². The van der Waals surface area contributed by atoms with E-state index in [9.17, 15) is 19.5 Å². The van der Waals surface area contributed by atoms with Crippen molar-refractivity contribution in [1.29, 1.82) is 0 Å². The fraction of sp³-hybridized carbons (Fsp3) is 0.526. The van der Waals surface area contributed by atoms with Crippen molar-refractivity contribution >= 4 is 23.6 Å². The van der Waals surface area contributed by atoms with Crippen LogP contribution in [-0.2, 0) is 4.79 Å². The molecule has 3 amide bonds. The molecule has 0 radical (unpaired) electrons. The van der Waals surface area contributed by atoms with Gasteiger partial charge in [-0.05, 0) is 55.7 Å². The van der Waals surface area contributed by atoms with E-state index in [1.54, 1.807) is 24.3 Å². The van der Waals surface area contributed by atoms with E-state index in [0.29, 0.717) is 17.8 Å². The van der Waals surface area contributed by atoms with Crippen LogP contribution in [0.1, 0.15) is 42.5 Å². The minimum atomic E-state index is -0.925. The SMILES string of the molecule is O=C(Nc1cccc(C(=O)N2CC3CCCC3C2C(=O)O)c1)NC1CC1. The van der Waals surface area contributed by atoms with Crippen LogP contribution in [-0.4, -0.2) is 46.5 Å². The monoisotopic (exact) mass is 357 g/mol. The number of benzene rings is 1. The first kappa shape index (κ1) is 16.9. The standard InChI is InChI=1S/C19H23N3O4/c23-17(22-10-12-4-2-6-15(12)16(22)18(24)25)11-3-1-5-14(9-11)21-19(26)20-13-7-8-13/h1,3,5,9,12-13,15-16H,2,4,6-8,10H2,(H,24,25)(H2,20,21,26). The number of fused-ring (bicyclic) bond motifs is 1. The molecule has 3 N–H and O–H groups in total. The van der Waals surface area contributed by atoms with Crippen LogP contribution < -0.4 is 10.6 Å². The highest BCUT2D eigenvalue weighted by molar-refractivity contribution is 5.99. The fourth-order valence-corrected chi connectivity index (χ4v) is 4.31. The number of likely N-dealkylation sites (tertiary alicyclic amines) is 1. The first-order valence-corrected chi connectivity index (χ1v) is 9.24. The molecule has 1 saturated heterocycles. The highest BCUT2D eigenvalue weighted by atomic mass is 16.4. The Balaban J connectivity index is 1.49. The van der Waals surface area contributed by atoms with Crippen molar-refractivity contribution in [2.24, 2.45) is 11.8 Å². The van der Waals surface area contributed by atoms with Gasteiger partial charge in [-0.3, -0.25) is 4.79 Å². The third-order valence-corrected chi connectivity index (χ3v) is 5.68. The van der Waals surface area contributed by atoms with Crippen LogP contribution in [0, 0.1) is 11.8 Å². The molecular formula is C19H23N3O4. The Labute approximate surface area is 151 Å². The number of nitrogens with one attached hydrogen (secondary N) is 2. The Morgan fingerprint density at radius 2 is 1.92 bits per heavy atom. The molecule has 3 unspecified atom stereocenters. The molecule has 1 aromatic rings. The number of carbonyl (C=O) groups excluding carboxylic acids is 2. The summed E-state index contributed by atoms with van der Waals surface area (Å²) in [6.07, 6.45) is 4.89. The van der Waals surface area contributed by atoms with Gasteiger partial charge >= 0.3 is 12.0 Å². The van der Waals surface area contributed by atoms with Gasteiger partial charge in [-0.1, -0.05) is 12.5 Å². The Morgan fingerprint density at radius 1 is 1.12 bits per heavy atom. The van der Waals surface area contributed by atoms with E-state index in [1.807, 2.05) is 0 Å². The molecule has 0 spiro atoms. The van der Waals surface area contributed by atoms with Gasteiger partial charge < -0.3 is 20.6 Å². The fourth-order valence-electron chi connectivity index (χ4n) is 4.31. The quantitative estimate of drug-likeness (QED) is 0.770. The largest absolute Gasteiger partial charge is 0.480 e. The minimum absolute atomic E-state index is 0.0575. The van der Waals surface area contributed by atoms with Gasteiger partial charge in [0.15, 0.2) is 0 Å². The predicted octanol–water partition coefficient (Wildman–Crippen LogP) is 2.30. The lowest BCUT2D eigenvalue weighted by atomic mass is 9.94. The maximum Gasteiger partial charge on any atom is 0.326 e. The number of carbonyl (C=O) groups is 3. The van der Waals surface area contributed by atoms with Gasteiger partial charge in [0.2, 0.25) is 0 Å². The number of urea groups is 1. The molecule has 1 heterocycles. The number of aliphatic carboxylic acids is 1. The molecule has 138 valence electrons. The second-order valence-electron chi connectivity index (χ2n) is 7.55. The summed E-state index contributed by atoms with van der Waals surface area (Å²) in [5.74, 6) is -0.864. The van der Waals surface area contributed by atoms with Gasteiger partial charge in [-0.25, -0.2) is 9.59 Å². The summed E-state index contributed by atoms with van der Waals surface area (Å²) in [5, 5.41) is 15.2. The molecule has 3 aliphatic rings. The molecule has 1 aromatic carbocycles. The summed E-state index contributed by atoms with van der Waals surface area (Å²) in [5.41, 5.74) is 0.931. The molecule has 7 nitrogen and oxygen atoms in total. The zero-order valence-corrected chi connectivity index (χ0v) is 14.5. The van der Waals surface area contributed by atoms with Crippen LogP contribution in [0.4, 0.5) is 10.5 Å². The summed E-state index contributed by atoms with van der Waals surface area (Å²) < 4.78 is 0. The normalized spacial score (nSPS) is 27.1. The number of amides is 3. The average molecular weight is 357 g/mol. The Kier molecular flexibility index (Phi) is 4.30. The van der Waals surface area contributed by atoms with Crippen molar-refractivity contribution in [3.05, 3.63) is 29.8 Å². The van der Waals surface area contributed by atoms with Crippen LogP contribution >= 0.6 is 0 Å². The molecule has 3 fully saturated rings. The van der Waals surface area contributed by atoms with Crippen LogP contribution in [0.3, 0.4) is 0 Å². The molecular weight excluding hydrogens is 334 g/mol. The smallest absolute Gasteiger partial charge is 0.326 e. The zero-order chi connectivity index (χ0) is 18.3. The lowest BCUT2D eigenvalue weighted by molar-refractivity contribution is -0.142. The van der Waals surface area contributed by atoms with E-state index in [1.165, 1.54) is 4.90 Å². The molecule has 2 aliphatic carbocycles. The van der Waals surface area contributed by atoms with E-state index in [4.69, 9.17) is 0 Å². The minimum Gasteiger partial charge on any atom is -0.480 e. The maximum absolute atomic E-state index is 13.0. The van der Waals surface area contributed by atoms with Gasteiger partial charge in [0.25, 0.3) is 5.91 Å². The predicted molar refractivity (Wildman–Crippen MR) is 94.9 cm³/mol. The topological polar surface area (TPSA) is 98.7 Å². The van der Waals surface area contributed by atoms with Gasteiger partial charge in [0.05, 0.1) is 0 Å². The van der Waals surface area contributed by atoms with Crippen LogP contribution in [0.2, 0.25) is 0 Å². The van der Waals surface area contributed by atoms with Crippen molar-refractivity contribution < 1.29 is 19.5 Å². The highest BCUT2D eigenvalue weighted by Gasteiger charge is 2.49. The van der Waals surface area contributed by atoms with Crippen molar-refractivity contribution in [3.63, 3.8) is 0 Å². The van der Waals surface area contributed by atoms with E-state index >= 15 is 0 Å². The third-order valence-electron chi connectivity index (χ3n) is 5.68. The molecule has 0 bridgehead atoms. The van der Waals surface area contributed by atoms with Gasteiger partial charge in [0.1, 0.15) is 6.04 Å². The number of anilines is 1. The number of nitrogens with zero attached hydrogens (tertiary/aromatic N) is 1. The molecule has 4 rings (SSSR count).